The van der Waals surface area contributed by atoms with Gasteiger partial charge in [0.05, 0.1) is 6.54 Å². The lowest BCUT2D eigenvalue weighted by atomic mass is 10.1. The van der Waals surface area contributed by atoms with E-state index in [9.17, 15) is 4.79 Å². The van der Waals surface area contributed by atoms with E-state index in [2.05, 4.69) is 4.98 Å². The van der Waals surface area contributed by atoms with Crippen molar-refractivity contribution in [3.8, 4) is 0 Å². The number of pyridine rings is 1. The Hall–Kier alpha value is -2.94. The van der Waals surface area contributed by atoms with Crippen LogP contribution in [0.1, 0.15) is 21.5 Å². The Morgan fingerprint density at radius 1 is 0.913 bits per heavy atom. The number of hydrogen-bond donors (Lipinski definition) is 0. The first-order chi connectivity index (χ1) is 11.2. The monoisotopic (exact) mass is 302 g/mol. The van der Waals surface area contributed by atoms with Gasteiger partial charge in [-0.15, -0.1) is 0 Å². The van der Waals surface area contributed by atoms with Crippen molar-refractivity contribution >= 4 is 11.6 Å². The number of aryl methyl sites for hydroxylation is 1. The lowest BCUT2D eigenvalue weighted by Crippen LogP contribution is -2.30. The lowest BCUT2D eigenvalue weighted by Gasteiger charge is -2.23. The largest absolute Gasteiger partial charge is 0.304 e. The number of carbonyl (C=O) groups excluding carboxylic acids is 1. The zero-order valence-electron chi connectivity index (χ0n) is 13.0. The van der Waals surface area contributed by atoms with E-state index in [1.165, 1.54) is 5.56 Å². The summed E-state index contributed by atoms with van der Waals surface area (Å²) in [4.78, 5) is 18.7. The highest BCUT2D eigenvalue weighted by atomic mass is 16.2. The van der Waals surface area contributed by atoms with Gasteiger partial charge >= 0.3 is 0 Å². The van der Waals surface area contributed by atoms with Crippen LogP contribution < -0.4 is 4.90 Å². The third kappa shape index (κ3) is 3.64. The van der Waals surface area contributed by atoms with Crippen molar-refractivity contribution in [1.82, 2.24) is 4.98 Å². The third-order valence-electron chi connectivity index (χ3n) is 3.70. The maximum atomic E-state index is 12.9. The molecule has 0 saturated heterocycles. The Kier molecular flexibility index (Phi) is 4.48. The molecule has 0 atom stereocenters. The van der Waals surface area contributed by atoms with Gasteiger partial charge in [0.2, 0.25) is 0 Å². The highest BCUT2D eigenvalue weighted by molar-refractivity contribution is 6.05. The third-order valence-corrected chi connectivity index (χ3v) is 3.70. The molecule has 2 aromatic carbocycles. The van der Waals surface area contributed by atoms with Crippen molar-refractivity contribution in [2.24, 2.45) is 0 Å². The fourth-order valence-corrected chi connectivity index (χ4v) is 2.42. The Bertz CT molecular complexity index is 768. The number of nitrogens with zero attached hydrogens (tertiary/aromatic N) is 2. The zero-order chi connectivity index (χ0) is 16.1. The molecule has 23 heavy (non-hydrogen) atoms. The smallest absolute Gasteiger partial charge is 0.258 e. The summed E-state index contributed by atoms with van der Waals surface area (Å²) < 4.78 is 0. The predicted octanol–water partition coefficient (Wildman–Crippen LogP) is 4.24. The van der Waals surface area contributed by atoms with Crippen molar-refractivity contribution in [3.63, 3.8) is 0 Å². The molecule has 1 heterocycles. The second-order valence-corrected chi connectivity index (χ2v) is 5.45. The minimum atomic E-state index is -0.0277. The molecular weight excluding hydrogens is 284 g/mol. The van der Waals surface area contributed by atoms with Crippen molar-refractivity contribution in [3.05, 3.63) is 95.8 Å². The molecule has 3 aromatic rings. The number of aromatic nitrogens is 1. The Labute approximate surface area is 136 Å². The molecule has 0 N–H and O–H groups in total. The molecule has 3 heteroatoms. The molecule has 1 amide bonds. The standard InChI is InChI=1S/C20H18N2O/c1-16-7-9-19(10-8-16)22(15-17-5-3-2-4-6-17)20(23)18-11-13-21-14-12-18/h2-14H,15H2,1H3. The van der Waals surface area contributed by atoms with E-state index in [0.29, 0.717) is 12.1 Å². The summed E-state index contributed by atoms with van der Waals surface area (Å²) in [5.41, 5.74) is 3.79. The van der Waals surface area contributed by atoms with Crippen LogP contribution in [0.5, 0.6) is 0 Å². The molecule has 0 unspecified atom stereocenters. The number of benzene rings is 2. The summed E-state index contributed by atoms with van der Waals surface area (Å²) in [6, 6.07) is 21.5. The number of anilines is 1. The normalized spacial score (nSPS) is 10.3. The minimum Gasteiger partial charge on any atom is -0.304 e. The number of rotatable bonds is 4. The molecule has 0 aliphatic rings. The van der Waals surface area contributed by atoms with E-state index in [4.69, 9.17) is 0 Å². The van der Waals surface area contributed by atoms with Crippen LogP contribution in [0.3, 0.4) is 0 Å². The summed E-state index contributed by atoms with van der Waals surface area (Å²) in [6.07, 6.45) is 3.28. The predicted molar refractivity (Wildman–Crippen MR) is 92.4 cm³/mol. The SMILES string of the molecule is Cc1ccc(N(Cc2ccccc2)C(=O)c2ccncc2)cc1. The lowest BCUT2D eigenvalue weighted by molar-refractivity contribution is 0.0985. The van der Waals surface area contributed by atoms with Gasteiger partial charge in [0.15, 0.2) is 0 Å². The average Bonchev–Trinajstić information content (AvgIpc) is 2.62. The second kappa shape index (κ2) is 6.88. The topological polar surface area (TPSA) is 33.2 Å². The van der Waals surface area contributed by atoms with Crippen molar-refractivity contribution < 1.29 is 4.79 Å². The van der Waals surface area contributed by atoms with E-state index in [1.54, 1.807) is 29.4 Å². The van der Waals surface area contributed by atoms with E-state index >= 15 is 0 Å². The van der Waals surface area contributed by atoms with Crippen LogP contribution in [-0.2, 0) is 6.54 Å². The van der Waals surface area contributed by atoms with Crippen LogP contribution in [-0.4, -0.2) is 10.9 Å². The van der Waals surface area contributed by atoms with Crippen LogP contribution in [0, 0.1) is 6.92 Å². The minimum absolute atomic E-state index is 0.0277. The van der Waals surface area contributed by atoms with Gasteiger partial charge in [-0.25, -0.2) is 0 Å². The van der Waals surface area contributed by atoms with Gasteiger partial charge in [0, 0.05) is 23.6 Å². The van der Waals surface area contributed by atoms with Crippen molar-refractivity contribution in [2.75, 3.05) is 4.90 Å². The van der Waals surface area contributed by atoms with E-state index < -0.39 is 0 Å². The Balaban J connectivity index is 1.96. The van der Waals surface area contributed by atoms with Crippen LogP contribution in [0.15, 0.2) is 79.1 Å². The maximum Gasteiger partial charge on any atom is 0.258 e. The average molecular weight is 302 g/mol. The van der Waals surface area contributed by atoms with Crippen LogP contribution >= 0.6 is 0 Å². The van der Waals surface area contributed by atoms with Gasteiger partial charge in [0.1, 0.15) is 0 Å². The van der Waals surface area contributed by atoms with Crippen molar-refractivity contribution in [1.29, 1.82) is 0 Å². The Morgan fingerprint density at radius 3 is 2.22 bits per heavy atom. The summed E-state index contributed by atoms with van der Waals surface area (Å²) in [7, 11) is 0. The first kappa shape index (κ1) is 15.0. The van der Waals surface area contributed by atoms with Crippen LogP contribution in [0.2, 0.25) is 0 Å². The van der Waals surface area contributed by atoms with Gasteiger partial charge in [0.25, 0.3) is 5.91 Å². The van der Waals surface area contributed by atoms with Gasteiger partial charge < -0.3 is 4.90 Å². The fourth-order valence-electron chi connectivity index (χ4n) is 2.42. The molecule has 1 aromatic heterocycles. The van der Waals surface area contributed by atoms with Crippen LogP contribution in [0.25, 0.3) is 0 Å². The molecule has 0 spiro atoms. The van der Waals surface area contributed by atoms with E-state index in [0.717, 1.165) is 11.3 Å². The molecule has 0 radical (unpaired) electrons. The Morgan fingerprint density at radius 2 is 1.57 bits per heavy atom. The molecule has 3 nitrogen and oxygen atoms in total. The molecule has 3 rings (SSSR count). The van der Waals surface area contributed by atoms with E-state index in [1.807, 2.05) is 61.5 Å². The van der Waals surface area contributed by atoms with Crippen LogP contribution in [0.4, 0.5) is 5.69 Å². The fraction of sp³-hybridized carbons (Fsp3) is 0.100. The highest BCUT2D eigenvalue weighted by Crippen LogP contribution is 2.20. The summed E-state index contributed by atoms with van der Waals surface area (Å²) in [6.45, 7) is 2.57. The number of hydrogen-bond acceptors (Lipinski definition) is 2. The molecule has 0 fully saturated rings. The van der Waals surface area contributed by atoms with Gasteiger partial charge in [-0.3, -0.25) is 9.78 Å². The van der Waals surface area contributed by atoms with Gasteiger partial charge in [-0.1, -0.05) is 48.0 Å². The van der Waals surface area contributed by atoms with E-state index in [-0.39, 0.29) is 5.91 Å². The summed E-state index contributed by atoms with van der Waals surface area (Å²) in [5, 5.41) is 0. The quantitative estimate of drug-likeness (QED) is 0.722. The zero-order valence-corrected chi connectivity index (χ0v) is 13.0. The first-order valence-electron chi connectivity index (χ1n) is 7.56. The molecule has 0 bridgehead atoms. The molecule has 0 aliphatic carbocycles. The highest BCUT2D eigenvalue weighted by Gasteiger charge is 2.18. The molecule has 0 aliphatic heterocycles. The van der Waals surface area contributed by atoms with Gasteiger partial charge in [-0.2, -0.15) is 0 Å². The number of carbonyl (C=O) groups is 1. The second-order valence-electron chi connectivity index (χ2n) is 5.45. The molecule has 114 valence electrons. The molecular formula is C20H18N2O. The van der Waals surface area contributed by atoms with Gasteiger partial charge in [-0.05, 0) is 36.8 Å². The molecule has 0 saturated carbocycles. The summed E-state index contributed by atoms with van der Waals surface area (Å²) >= 11 is 0. The summed E-state index contributed by atoms with van der Waals surface area (Å²) in [5.74, 6) is -0.0277. The first-order valence-corrected chi connectivity index (χ1v) is 7.56. The van der Waals surface area contributed by atoms with Crippen molar-refractivity contribution in [2.45, 2.75) is 13.5 Å². The maximum absolute atomic E-state index is 12.9. The number of amides is 1.